The van der Waals surface area contributed by atoms with Gasteiger partial charge in [-0.2, -0.15) is 13.2 Å². The van der Waals surface area contributed by atoms with Gasteiger partial charge in [-0.3, -0.25) is 4.21 Å². The summed E-state index contributed by atoms with van der Waals surface area (Å²) in [5, 5.41) is 0.103. The van der Waals surface area contributed by atoms with Crippen molar-refractivity contribution in [3.63, 3.8) is 0 Å². The average Bonchev–Trinajstić information content (AvgIpc) is 2.90. The highest BCUT2D eigenvalue weighted by Crippen LogP contribution is 2.28. The van der Waals surface area contributed by atoms with Crippen LogP contribution in [0.1, 0.15) is 17.0 Å². The molecule has 0 N–H and O–H groups in total. The maximum atomic E-state index is 12.5. The summed E-state index contributed by atoms with van der Waals surface area (Å²) in [5.41, 5.74) is 1.46. The van der Waals surface area contributed by atoms with Crippen LogP contribution < -0.4 is 0 Å². The molecule has 0 saturated carbocycles. The number of halogens is 3. The molecule has 8 heteroatoms. The van der Waals surface area contributed by atoms with Gasteiger partial charge in [0.05, 0.1) is 27.8 Å². The topological polar surface area (TPSA) is 47.3 Å². The summed E-state index contributed by atoms with van der Waals surface area (Å²) in [5.74, 6) is 0.0967. The van der Waals surface area contributed by atoms with Crippen LogP contribution in [-0.4, -0.2) is 18.6 Å². The Morgan fingerprint density at radius 3 is 2.61 bits per heavy atom. The first kappa shape index (κ1) is 15.7. The normalized spacial score (nSPS) is 13.4. The quantitative estimate of drug-likeness (QED) is 0.735. The highest BCUT2D eigenvalue weighted by atomic mass is 32.2. The van der Waals surface area contributed by atoms with Crippen LogP contribution in [0.3, 0.4) is 0 Å². The number of rotatable bonds is 3. The Morgan fingerprint density at radius 1 is 1.22 bits per heavy atom. The number of alkyl halides is 3. The molecule has 0 aliphatic heterocycles. The molecule has 4 nitrogen and oxygen atoms in total. The summed E-state index contributed by atoms with van der Waals surface area (Å²) >= 11 is 0. The molecule has 120 valence electrons. The zero-order chi connectivity index (χ0) is 16.6. The maximum Gasteiger partial charge on any atom is 0.417 e. The summed E-state index contributed by atoms with van der Waals surface area (Å²) in [7, 11) is -1.56. The zero-order valence-corrected chi connectivity index (χ0v) is 12.9. The van der Waals surface area contributed by atoms with E-state index in [0.29, 0.717) is 11.9 Å². The van der Waals surface area contributed by atoms with Crippen molar-refractivity contribution in [2.45, 2.75) is 23.9 Å². The SMILES string of the molecule is Cc1cccc2nc(C[S@](=O)c3ccc(C(F)(F)F)cn3)cn12. The number of pyridine rings is 2. The van der Waals surface area contributed by atoms with Crippen molar-refractivity contribution in [2.75, 3.05) is 0 Å². The molecule has 0 amide bonds. The third-order valence-corrected chi connectivity index (χ3v) is 4.59. The van der Waals surface area contributed by atoms with Gasteiger partial charge in [0.1, 0.15) is 10.7 Å². The van der Waals surface area contributed by atoms with Crippen molar-refractivity contribution >= 4 is 16.4 Å². The molecular formula is C15H12F3N3OS. The van der Waals surface area contributed by atoms with E-state index in [1.807, 2.05) is 29.5 Å². The average molecular weight is 339 g/mol. The zero-order valence-electron chi connectivity index (χ0n) is 12.0. The van der Waals surface area contributed by atoms with Gasteiger partial charge in [-0.15, -0.1) is 0 Å². The van der Waals surface area contributed by atoms with Gasteiger partial charge in [-0.05, 0) is 31.2 Å². The van der Waals surface area contributed by atoms with Crippen molar-refractivity contribution in [1.29, 1.82) is 0 Å². The van der Waals surface area contributed by atoms with Gasteiger partial charge >= 0.3 is 6.18 Å². The van der Waals surface area contributed by atoms with Gasteiger partial charge in [-0.1, -0.05) is 6.07 Å². The van der Waals surface area contributed by atoms with E-state index in [-0.39, 0.29) is 10.8 Å². The first-order chi connectivity index (χ1) is 10.8. The Morgan fingerprint density at radius 2 is 2.00 bits per heavy atom. The van der Waals surface area contributed by atoms with E-state index in [2.05, 4.69) is 9.97 Å². The Hall–Kier alpha value is -2.22. The number of nitrogens with zero attached hydrogens (tertiary/aromatic N) is 3. The highest BCUT2D eigenvalue weighted by molar-refractivity contribution is 7.84. The Labute approximate surface area is 132 Å². The predicted octanol–water partition coefficient (Wildman–Crippen LogP) is 3.36. The first-order valence-electron chi connectivity index (χ1n) is 6.70. The molecule has 1 atom stereocenters. The number of aryl methyl sites for hydroxylation is 1. The number of fused-ring (bicyclic) bond motifs is 1. The van der Waals surface area contributed by atoms with Crippen LogP contribution in [0.4, 0.5) is 13.2 Å². The minimum absolute atomic E-state index is 0.0967. The fourth-order valence-corrected chi connectivity index (χ4v) is 3.10. The third-order valence-electron chi connectivity index (χ3n) is 3.32. The monoisotopic (exact) mass is 339 g/mol. The molecule has 0 radical (unpaired) electrons. The second kappa shape index (κ2) is 5.77. The van der Waals surface area contributed by atoms with Gasteiger partial charge in [0.2, 0.25) is 0 Å². The molecule has 0 fully saturated rings. The number of hydrogen-bond acceptors (Lipinski definition) is 3. The second-order valence-electron chi connectivity index (χ2n) is 5.00. The van der Waals surface area contributed by atoms with Gasteiger partial charge in [0.15, 0.2) is 0 Å². The van der Waals surface area contributed by atoms with Crippen LogP contribution in [0.5, 0.6) is 0 Å². The Balaban J connectivity index is 1.81. The van der Waals surface area contributed by atoms with E-state index in [0.717, 1.165) is 23.5 Å². The van der Waals surface area contributed by atoms with Gasteiger partial charge in [0.25, 0.3) is 0 Å². The molecule has 0 aliphatic rings. The molecule has 0 aliphatic carbocycles. The van der Waals surface area contributed by atoms with Crippen LogP contribution in [0.25, 0.3) is 5.65 Å². The Bertz CT molecular complexity index is 872. The molecule has 3 aromatic rings. The van der Waals surface area contributed by atoms with E-state index in [1.165, 1.54) is 0 Å². The lowest BCUT2D eigenvalue weighted by atomic mass is 10.3. The predicted molar refractivity (Wildman–Crippen MR) is 79.3 cm³/mol. The van der Waals surface area contributed by atoms with Crippen molar-refractivity contribution in [2.24, 2.45) is 0 Å². The van der Waals surface area contributed by atoms with Crippen LogP contribution >= 0.6 is 0 Å². The highest BCUT2D eigenvalue weighted by Gasteiger charge is 2.30. The molecule has 3 aromatic heterocycles. The van der Waals surface area contributed by atoms with Crippen molar-refractivity contribution in [1.82, 2.24) is 14.4 Å². The van der Waals surface area contributed by atoms with Crippen LogP contribution in [0.15, 0.2) is 47.8 Å². The first-order valence-corrected chi connectivity index (χ1v) is 8.02. The number of imidazole rings is 1. The molecule has 3 rings (SSSR count). The molecule has 0 aromatic carbocycles. The van der Waals surface area contributed by atoms with Crippen LogP contribution in [-0.2, 0) is 22.7 Å². The smallest absolute Gasteiger partial charge is 0.304 e. The van der Waals surface area contributed by atoms with E-state index in [4.69, 9.17) is 0 Å². The summed E-state index contributed by atoms with van der Waals surface area (Å²) in [4.78, 5) is 8.02. The molecule has 23 heavy (non-hydrogen) atoms. The molecular weight excluding hydrogens is 327 g/mol. The lowest BCUT2D eigenvalue weighted by Crippen LogP contribution is -2.07. The lowest BCUT2D eigenvalue weighted by Gasteiger charge is -2.06. The molecule has 0 spiro atoms. The molecule has 3 heterocycles. The molecule has 0 saturated heterocycles. The standard InChI is InChI=1S/C15H12F3N3OS/c1-10-3-2-4-13-20-12(8-21(10)13)9-23(22)14-6-5-11(7-19-14)15(16,17)18/h2-8H,9H2,1H3/t23-/m0/s1. The number of hydrogen-bond donors (Lipinski definition) is 0. The maximum absolute atomic E-state index is 12.5. The Kier molecular flexibility index (Phi) is 3.93. The largest absolute Gasteiger partial charge is 0.417 e. The van der Waals surface area contributed by atoms with E-state index in [9.17, 15) is 17.4 Å². The fourth-order valence-electron chi connectivity index (χ4n) is 2.16. The van der Waals surface area contributed by atoms with Crippen molar-refractivity contribution < 1.29 is 17.4 Å². The molecule has 0 bridgehead atoms. The number of aromatic nitrogens is 3. The van der Waals surface area contributed by atoms with Gasteiger partial charge < -0.3 is 4.40 Å². The van der Waals surface area contributed by atoms with Crippen LogP contribution in [0.2, 0.25) is 0 Å². The lowest BCUT2D eigenvalue weighted by molar-refractivity contribution is -0.137. The minimum Gasteiger partial charge on any atom is -0.304 e. The van der Waals surface area contributed by atoms with E-state index in [1.54, 1.807) is 6.20 Å². The minimum atomic E-state index is -4.45. The van der Waals surface area contributed by atoms with Crippen molar-refractivity contribution in [3.05, 3.63) is 59.7 Å². The molecule has 0 unspecified atom stereocenters. The summed E-state index contributed by atoms with van der Waals surface area (Å²) < 4.78 is 51.6. The van der Waals surface area contributed by atoms with E-state index < -0.39 is 22.5 Å². The summed E-state index contributed by atoms with van der Waals surface area (Å²) in [6.45, 7) is 1.92. The summed E-state index contributed by atoms with van der Waals surface area (Å²) in [6.07, 6.45) is -1.99. The van der Waals surface area contributed by atoms with Crippen LogP contribution in [0, 0.1) is 6.92 Å². The van der Waals surface area contributed by atoms with Crippen molar-refractivity contribution in [3.8, 4) is 0 Å². The fraction of sp³-hybridized carbons (Fsp3) is 0.200. The summed E-state index contributed by atoms with van der Waals surface area (Å²) in [6, 6.07) is 7.65. The van der Waals surface area contributed by atoms with Gasteiger partial charge in [0, 0.05) is 18.1 Å². The third kappa shape index (κ3) is 3.26. The van der Waals surface area contributed by atoms with E-state index >= 15 is 0 Å². The second-order valence-corrected chi connectivity index (χ2v) is 6.40. The van der Waals surface area contributed by atoms with Gasteiger partial charge in [-0.25, -0.2) is 9.97 Å².